The van der Waals surface area contributed by atoms with Crippen LogP contribution in [0.25, 0.3) is 10.8 Å². The van der Waals surface area contributed by atoms with Crippen LogP contribution < -0.4 is 10.2 Å². The maximum absolute atomic E-state index is 15.0. The molecule has 0 N–H and O–H groups in total. The van der Waals surface area contributed by atoms with Gasteiger partial charge in [-0.1, -0.05) is 6.92 Å². The molecule has 1 fully saturated rings. The molecule has 0 bridgehead atoms. The van der Waals surface area contributed by atoms with Crippen molar-refractivity contribution >= 4 is 23.4 Å². The minimum atomic E-state index is -0.768. The molecular formula is C20H25BF2O4. The third-order valence-electron chi connectivity index (χ3n) is 5.48. The molecule has 0 saturated carbocycles. The summed E-state index contributed by atoms with van der Waals surface area (Å²) in [5.74, 6) is -0.924. The number of fused-ring (bicyclic) bond motifs is 1. The van der Waals surface area contributed by atoms with Gasteiger partial charge in [-0.2, -0.15) is 0 Å². The Hall–Kier alpha value is -1.70. The van der Waals surface area contributed by atoms with Crippen molar-refractivity contribution in [1.29, 1.82) is 0 Å². The molecule has 1 saturated heterocycles. The Morgan fingerprint density at radius 3 is 2.26 bits per heavy atom. The van der Waals surface area contributed by atoms with Crippen LogP contribution in [0.4, 0.5) is 8.78 Å². The van der Waals surface area contributed by atoms with Crippen molar-refractivity contribution in [2.75, 3.05) is 13.9 Å². The summed E-state index contributed by atoms with van der Waals surface area (Å²) in [4.78, 5) is 0. The lowest BCUT2D eigenvalue weighted by atomic mass is 9.74. The predicted molar refractivity (Wildman–Crippen MR) is 101 cm³/mol. The van der Waals surface area contributed by atoms with E-state index in [4.69, 9.17) is 18.8 Å². The lowest BCUT2D eigenvalue weighted by Gasteiger charge is -2.32. The fourth-order valence-corrected chi connectivity index (χ4v) is 3.27. The molecule has 0 spiro atoms. The van der Waals surface area contributed by atoms with Crippen LogP contribution in [0.5, 0.6) is 5.75 Å². The third-order valence-corrected chi connectivity index (χ3v) is 5.48. The van der Waals surface area contributed by atoms with Crippen LogP contribution in [-0.2, 0) is 20.5 Å². The van der Waals surface area contributed by atoms with E-state index in [9.17, 15) is 4.39 Å². The van der Waals surface area contributed by atoms with Gasteiger partial charge in [0.05, 0.1) is 11.2 Å². The van der Waals surface area contributed by atoms with Crippen molar-refractivity contribution < 1.29 is 27.6 Å². The maximum Gasteiger partial charge on any atom is 0.495 e. The van der Waals surface area contributed by atoms with Crippen molar-refractivity contribution in [3.05, 3.63) is 35.4 Å². The quantitative estimate of drug-likeness (QED) is 0.583. The normalized spacial score (nSPS) is 18.3. The van der Waals surface area contributed by atoms with Gasteiger partial charge in [-0.15, -0.1) is 0 Å². The van der Waals surface area contributed by atoms with Gasteiger partial charge in [0.25, 0.3) is 0 Å². The molecular weight excluding hydrogens is 353 g/mol. The molecule has 2 aromatic carbocycles. The standard InChI is InChI=1S/C20H25BF2O4/c1-7-12-15(22)9-8-13-17(12)14(10-16(18(13)23)25-11-24-6)21-26-19(2,3)20(4,5)27-21/h8-10H,7,11H2,1-6H3. The second kappa shape index (κ2) is 7.04. The van der Waals surface area contributed by atoms with Crippen molar-refractivity contribution in [3.8, 4) is 5.75 Å². The number of hydrogen-bond acceptors (Lipinski definition) is 4. The third kappa shape index (κ3) is 3.32. The van der Waals surface area contributed by atoms with Crippen LogP contribution in [0, 0.1) is 11.6 Å². The summed E-state index contributed by atoms with van der Waals surface area (Å²) < 4.78 is 52.1. The number of benzene rings is 2. The number of rotatable bonds is 5. The van der Waals surface area contributed by atoms with E-state index in [2.05, 4.69) is 0 Å². The molecule has 7 heteroatoms. The first-order valence-electron chi connectivity index (χ1n) is 9.03. The molecule has 3 rings (SSSR count). The van der Waals surface area contributed by atoms with Crippen LogP contribution in [0.3, 0.4) is 0 Å². The van der Waals surface area contributed by atoms with E-state index in [1.54, 1.807) is 0 Å². The van der Waals surface area contributed by atoms with E-state index in [0.717, 1.165) is 0 Å². The average Bonchev–Trinajstić information content (AvgIpc) is 2.81. The minimum Gasteiger partial charge on any atom is -0.464 e. The summed E-state index contributed by atoms with van der Waals surface area (Å²) in [5.41, 5.74) is -0.182. The van der Waals surface area contributed by atoms with Crippen LogP contribution in [0.1, 0.15) is 40.2 Å². The van der Waals surface area contributed by atoms with E-state index in [1.165, 1.54) is 25.3 Å². The summed E-state index contributed by atoms with van der Waals surface area (Å²) in [6.45, 7) is 9.46. The van der Waals surface area contributed by atoms with Crippen LogP contribution in [-0.4, -0.2) is 32.2 Å². The molecule has 146 valence electrons. The topological polar surface area (TPSA) is 36.9 Å². The molecule has 0 aliphatic carbocycles. The SMILES string of the molecule is CCc1c(F)ccc2c(F)c(OCOC)cc(B3OC(C)(C)C(C)(C)O3)c12. The number of aryl methyl sites for hydroxylation is 1. The van der Waals surface area contributed by atoms with Gasteiger partial charge in [-0.3, -0.25) is 0 Å². The van der Waals surface area contributed by atoms with E-state index >= 15 is 4.39 Å². The molecule has 0 radical (unpaired) electrons. The highest BCUT2D eigenvalue weighted by atomic mass is 19.1. The highest BCUT2D eigenvalue weighted by Gasteiger charge is 2.52. The Morgan fingerprint density at radius 2 is 1.70 bits per heavy atom. The van der Waals surface area contributed by atoms with Gasteiger partial charge in [-0.05, 0) is 68.7 Å². The van der Waals surface area contributed by atoms with Gasteiger partial charge in [-0.25, -0.2) is 8.78 Å². The van der Waals surface area contributed by atoms with E-state index in [-0.39, 0.29) is 23.7 Å². The average molecular weight is 378 g/mol. The van der Waals surface area contributed by atoms with Crippen molar-refractivity contribution in [2.45, 2.75) is 52.2 Å². The van der Waals surface area contributed by atoms with Gasteiger partial charge >= 0.3 is 7.12 Å². The van der Waals surface area contributed by atoms with Gasteiger partial charge in [0.15, 0.2) is 18.4 Å². The number of hydrogen-bond donors (Lipinski definition) is 0. The predicted octanol–water partition coefficient (Wildman–Crippen LogP) is 3.96. The molecule has 27 heavy (non-hydrogen) atoms. The number of methoxy groups -OCH3 is 1. The maximum atomic E-state index is 15.0. The molecule has 1 aliphatic rings. The Kier molecular flexibility index (Phi) is 5.23. The number of ether oxygens (including phenoxy) is 2. The van der Waals surface area contributed by atoms with Gasteiger partial charge in [0, 0.05) is 12.5 Å². The Morgan fingerprint density at radius 1 is 1.07 bits per heavy atom. The molecule has 0 atom stereocenters. The van der Waals surface area contributed by atoms with Crippen LogP contribution in [0.2, 0.25) is 0 Å². The van der Waals surface area contributed by atoms with Crippen molar-refractivity contribution in [1.82, 2.24) is 0 Å². The Labute approximate surface area is 158 Å². The second-order valence-corrected chi connectivity index (χ2v) is 7.72. The largest absolute Gasteiger partial charge is 0.495 e. The number of halogens is 2. The van der Waals surface area contributed by atoms with Gasteiger partial charge in [0.2, 0.25) is 0 Å². The molecule has 1 aliphatic heterocycles. The molecule has 0 unspecified atom stereocenters. The fraction of sp³-hybridized carbons (Fsp3) is 0.500. The summed E-state index contributed by atoms with van der Waals surface area (Å²) in [7, 11) is 0.689. The lowest BCUT2D eigenvalue weighted by Crippen LogP contribution is -2.41. The minimum absolute atomic E-state index is 0.0164. The first-order chi connectivity index (χ1) is 12.6. The smallest absolute Gasteiger partial charge is 0.464 e. The zero-order chi connectivity index (χ0) is 20.0. The molecule has 0 aromatic heterocycles. The fourth-order valence-electron chi connectivity index (χ4n) is 3.27. The van der Waals surface area contributed by atoms with Crippen LogP contribution >= 0.6 is 0 Å². The molecule has 2 aromatic rings. The highest BCUT2D eigenvalue weighted by molar-refractivity contribution is 6.65. The second-order valence-electron chi connectivity index (χ2n) is 7.72. The Bertz CT molecular complexity index is 851. The summed E-state index contributed by atoms with van der Waals surface area (Å²) in [6.07, 6.45) is 0.410. The monoisotopic (exact) mass is 378 g/mol. The zero-order valence-electron chi connectivity index (χ0n) is 16.6. The van der Waals surface area contributed by atoms with Crippen LogP contribution in [0.15, 0.2) is 18.2 Å². The molecule has 0 amide bonds. The summed E-state index contributed by atoms with van der Waals surface area (Å²) in [6, 6.07) is 4.23. The molecule has 4 nitrogen and oxygen atoms in total. The summed E-state index contributed by atoms with van der Waals surface area (Å²) >= 11 is 0. The van der Waals surface area contributed by atoms with Crippen molar-refractivity contribution in [3.63, 3.8) is 0 Å². The first-order valence-corrected chi connectivity index (χ1v) is 9.03. The van der Waals surface area contributed by atoms with E-state index < -0.39 is 24.1 Å². The van der Waals surface area contributed by atoms with E-state index in [1.807, 2.05) is 34.6 Å². The van der Waals surface area contributed by atoms with Gasteiger partial charge in [0.1, 0.15) is 5.82 Å². The molecule has 1 heterocycles. The zero-order valence-corrected chi connectivity index (χ0v) is 16.6. The Balaban J connectivity index is 2.26. The lowest BCUT2D eigenvalue weighted by molar-refractivity contribution is 0.00578. The highest BCUT2D eigenvalue weighted by Crippen LogP contribution is 2.38. The van der Waals surface area contributed by atoms with Gasteiger partial charge < -0.3 is 18.8 Å². The summed E-state index contributed by atoms with van der Waals surface area (Å²) in [5, 5.41) is 0.741. The first kappa shape index (κ1) is 20.0. The van der Waals surface area contributed by atoms with E-state index in [0.29, 0.717) is 22.8 Å². The van der Waals surface area contributed by atoms with Crippen molar-refractivity contribution in [2.24, 2.45) is 0 Å².